The summed E-state index contributed by atoms with van der Waals surface area (Å²) in [6, 6.07) is 9.42. The molecular formula is C15H17NO4. The Balaban J connectivity index is 1.93. The molecule has 0 radical (unpaired) electrons. The quantitative estimate of drug-likeness (QED) is 0.787. The molecule has 0 saturated carbocycles. The number of ether oxygens (including phenoxy) is 1. The number of rotatable bonds is 6. The van der Waals surface area contributed by atoms with Crippen molar-refractivity contribution in [2.24, 2.45) is 0 Å². The van der Waals surface area contributed by atoms with Crippen LogP contribution in [0, 0.1) is 0 Å². The SMILES string of the molecule is COC(=O)c1occc1CNCc1cccc(CO)c1. The standard InChI is InChI=1S/C15H17NO4/c1-19-15(18)14-13(5-6-20-14)9-16-8-11-3-2-4-12(7-11)10-17/h2-7,16-17H,8-10H2,1H3. The molecular weight excluding hydrogens is 258 g/mol. The zero-order valence-electron chi connectivity index (χ0n) is 11.3. The Kier molecular flexibility index (Phi) is 4.92. The summed E-state index contributed by atoms with van der Waals surface area (Å²) < 4.78 is 9.75. The molecule has 0 aliphatic heterocycles. The fourth-order valence-corrected chi connectivity index (χ4v) is 1.93. The summed E-state index contributed by atoms with van der Waals surface area (Å²) in [7, 11) is 1.32. The number of carbonyl (C=O) groups excluding carboxylic acids is 1. The second kappa shape index (κ2) is 6.88. The molecule has 2 N–H and O–H groups in total. The molecule has 0 spiro atoms. The third kappa shape index (κ3) is 3.46. The number of nitrogens with one attached hydrogen (secondary N) is 1. The number of hydrogen-bond acceptors (Lipinski definition) is 5. The van der Waals surface area contributed by atoms with Crippen LogP contribution < -0.4 is 5.32 Å². The van der Waals surface area contributed by atoms with Crippen molar-refractivity contribution in [2.45, 2.75) is 19.7 Å². The van der Waals surface area contributed by atoms with Crippen molar-refractivity contribution in [2.75, 3.05) is 7.11 Å². The van der Waals surface area contributed by atoms with E-state index in [9.17, 15) is 4.79 Å². The second-order valence-electron chi connectivity index (χ2n) is 4.35. The highest BCUT2D eigenvalue weighted by Crippen LogP contribution is 2.12. The molecule has 0 aliphatic carbocycles. The van der Waals surface area contributed by atoms with E-state index >= 15 is 0 Å². The van der Waals surface area contributed by atoms with Crippen LogP contribution in [-0.2, 0) is 24.4 Å². The molecule has 0 amide bonds. The van der Waals surface area contributed by atoms with Gasteiger partial charge in [-0.15, -0.1) is 0 Å². The van der Waals surface area contributed by atoms with Gasteiger partial charge in [-0.1, -0.05) is 24.3 Å². The highest BCUT2D eigenvalue weighted by molar-refractivity contribution is 5.87. The van der Waals surface area contributed by atoms with Gasteiger partial charge in [-0.3, -0.25) is 0 Å². The Morgan fingerprint density at radius 3 is 2.85 bits per heavy atom. The summed E-state index contributed by atoms with van der Waals surface area (Å²) in [5.41, 5.74) is 2.71. The van der Waals surface area contributed by atoms with E-state index in [1.54, 1.807) is 6.07 Å². The molecule has 20 heavy (non-hydrogen) atoms. The van der Waals surface area contributed by atoms with Crippen LogP contribution in [0.3, 0.4) is 0 Å². The fraction of sp³-hybridized carbons (Fsp3) is 0.267. The summed E-state index contributed by atoms with van der Waals surface area (Å²) in [4.78, 5) is 11.4. The Bertz CT molecular complexity index is 577. The van der Waals surface area contributed by atoms with Crippen LogP contribution in [0.1, 0.15) is 27.2 Å². The van der Waals surface area contributed by atoms with E-state index in [0.29, 0.717) is 13.1 Å². The zero-order chi connectivity index (χ0) is 14.4. The van der Waals surface area contributed by atoms with Gasteiger partial charge in [0.1, 0.15) is 0 Å². The second-order valence-corrected chi connectivity index (χ2v) is 4.35. The molecule has 0 unspecified atom stereocenters. The Labute approximate surface area is 117 Å². The molecule has 0 aliphatic rings. The fourth-order valence-electron chi connectivity index (χ4n) is 1.93. The van der Waals surface area contributed by atoms with Gasteiger partial charge in [-0.25, -0.2) is 4.79 Å². The van der Waals surface area contributed by atoms with Gasteiger partial charge in [0.2, 0.25) is 5.76 Å². The maximum atomic E-state index is 11.4. The van der Waals surface area contributed by atoms with Crippen molar-refractivity contribution in [3.8, 4) is 0 Å². The van der Waals surface area contributed by atoms with Crippen LogP contribution in [0.5, 0.6) is 0 Å². The van der Waals surface area contributed by atoms with Crippen LogP contribution in [0.2, 0.25) is 0 Å². The Hall–Kier alpha value is -2.11. The minimum atomic E-state index is -0.478. The summed E-state index contributed by atoms with van der Waals surface area (Å²) in [5.74, 6) is -0.252. The number of benzene rings is 1. The molecule has 2 rings (SSSR count). The van der Waals surface area contributed by atoms with Gasteiger partial charge >= 0.3 is 5.97 Å². The van der Waals surface area contributed by atoms with Crippen molar-refractivity contribution in [1.29, 1.82) is 0 Å². The normalized spacial score (nSPS) is 10.5. The van der Waals surface area contributed by atoms with Crippen molar-refractivity contribution in [3.63, 3.8) is 0 Å². The lowest BCUT2D eigenvalue weighted by atomic mass is 10.1. The topological polar surface area (TPSA) is 71.7 Å². The van der Waals surface area contributed by atoms with E-state index in [2.05, 4.69) is 10.1 Å². The van der Waals surface area contributed by atoms with Crippen molar-refractivity contribution in [1.82, 2.24) is 5.32 Å². The van der Waals surface area contributed by atoms with E-state index in [4.69, 9.17) is 9.52 Å². The number of esters is 1. The lowest BCUT2D eigenvalue weighted by Crippen LogP contribution is -2.15. The van der Waals surface area contributed by atoms with Gasteiger partial charge in [0.25, 0.3) is 0 Å². The molecule has 2 aromatic rings. The largest absolute Gasteiger partial charge is 0.463 e. The van der Waals surface area contributed by atoms with Crippen molar-refractivity contribution < 1.29 is 19.1 Å². The predicted octanol–water partition coefficient (Wildman–Crippen LogP) is 1.85. The average Bonchev–Trinajstić information content (AvgIpc) is 2.95. The summed E-state index contributed by atoms with van der Waals surface area (Å²) >= 11 is 0. The summed E-state index contributed by atoms with van der Waals surface area (Å²) in [5, 5.41) is 12.3. The molecule has 106 valence electrons. The lowest BCUT2D eigenvalue weighted by molar-refractivity contribution is 0.0563. The van der Waals surface area contributed by atoms with E-state index in [1.807, 2.05) is 24.3 Å². The zero-order valence-corrected chi connectivity index (χ0v) is 11.3. The highest BCUT2D eigenvalue weighted by Gasteiger charge is 2.15. The van der Waals surface area contributed by atoms with Gasteiger partial charge in [0.05, 0.1) is 20.0 Å². The van der Waals surface area contributed by atoms with Gasteiger partial charge < -0.3 is 19.6 Å². The van der Waals surface area contributed by atoms with E-state index in [0.717, 1.165) is 16.7 Å². The number of carbonyl (C=O) groups is 1. The number of aliphatic hydroxyl groups is 1. The molecule has 1 heterocycles. The Morgan fingerprint density at radius 2 is 2.10 bits per heavy atom. The third-order valence-electron chi connectivity index (χ3n) is 2.94. The monoisotopic (exact) mass is 275 g/mol. The van der Waals surface area contributed by atoms with Crippen molar-refractivity contribution in [3.05, 3.63) is 59.0 Å². The number of hydrogen-bond donors (Lipinski definition) is 2. The first-order valence-electron chi connectivity index (χ1n) is 6.28. The summed E-state index contributed by atoms with van der Waals surface area (Å²) in [6.07, 6.45) is 1.47. The molecule has 1 aromatic heterocycles. The van der Waals surface area contributed by atoms with Gasteiger partial charge in [-0.05, 0) is 17.2 Å². The first kappa shape index (κ1) is 14.3. The van der Waals surface area contributed by atoms with E-state index in [1.165, 1.54) is 13.4 Å². The molecule has 5 nitrogen and oxygen atoms in total. The first-order chi connectivity index (χ1) is 9.74. The molecule has 0 saturated heterocycles. The lowest BCUT2D eigenvalue weighted by Gasteiger charge is -2.06. The minimum Gasteiger partial charge on any atom is -0.463 e. The maximum absolute atomic E-state index is 11.4. The van der Waals surface area contributed by atoms with E-state index < -0.39 is 5.97 Å². The van der Waals surface area contributed by atoms with Gasteiger partial charge in [-0.2, -0.15) is 0 Å². The van der Waals surface area contributed by atoms with Crippen LogP contribution in [0.4, 0.5) is 0 Å². The molecule has 0 fully saturated rings. The number of methoxy groups -OCH3 is 1. The summed E-state index contributed by atoms with van der Waals surface area (Å²) in [6.45, 7) is 1.17. The molecule has 0 atom stereocenters. The Morgan fingerprint density at radius 1 is 1.30 bits per heavy atom. The third-order valence-corrected chi connectivity index (χ3v) is 2.94. The van der Waals surface area contributed by atoms with Crippen LogP contribution >= 0.6 is 0 Å². The smallest absolute Gasteiger partial charge is 0.374 e. The molecule has 0 bridgehead atoms. The van der Waals surface area contributed by atoms with Gasteiger partial charge in [0, 0.05) is 18.7 Å². The van der Waals surface area contributed by atoms with Crippen LogP contribution in [0.25, 0.3) is 0 Å². The molecule has 5 heteroatoms. The average molecular weight is 275 g/mol. The first-order valence-corrected chi connectivity index (χ1v) is 6.28. The minimum absolute atomic E-state index is 0.0298. The van der Waals surface area contributed by atoms with Crippen molar-refractivity contribution >= 4 is 5.97 Å². The van der Waals surface area contributed by atoms with Crippen LogP contribution in [-0.4, -0.2) is 18.2 Å². The maximum Gasteiger partial charge on any atom is 0.374 e. The number of aliphatic hydroxyl groups excluding tert-OH is 1. The van der Waals surface area contributed by atoms with Crippen LogP contribution in [0.15, 0.2) is 41.0 Å². The van der Waals surface area contributed by atoms with E-state index in [-0.39, 0.29) is 12.4 Å². The predicted molar refractivity (Wildman–Crippen MR) is 73.0 cm³/mol. The molecule has 1 aromatic carbocycles. The highest BCUT2D eigenvalue weighted by atomic mass is 16.5. The van der Waals surface area contributed by atoms with Gasteiger partial charge in [0.15, 0.2) is 0 Å². The number of furan rings is 1.